The van der Waals surface area contributed by atoms with Crippen molar-refractivity contribution in [2.24, 2.45) is 0 Å². The van der Waals surface area contributed by atoms with Crippen molar-refractivity contribution in [3.05, 3.63) is 88.9 Å². The molecule has 0 bridgehead atoms. The molecule has 0 fully saturated rings. The summed E-state index contributed by atoms with van der Waals surface area (Å²) in [5.41, 5.74) is 3.87. The van der Waals surface area contributed by atoms with Crippen LogP contribution < -0.4 is 19.7 Å². The Morgan fingerprint density at radius 2 is 1.76 bits per heavy atom. The van der Waals surface area contributed by atoms with Gasteiger partial charge < -0.3 is 19.4 Å². The van der Waals surface area contributed by atoms with Gasteiger partial charge in [-0.05, 0) is 66.1 Å². The molecule has 0 saturated carbocycles. The van der Waals surface area contributed by atoms with Crippen LogP contribution in [0.15, 0.2) is 60.7 Å². The molecule has 2 N–H and O–H groups in total. The fourth-order valence-corrected chi connectivity index (χ4v) is 5.35. The van der Waals surface area contributed by atoms with E-state index < -0.39 is 5.54 Å². The van der Waals surface area contributed by atoms with E-state index >= 15 is 0 Å². The Balaban J connectivity index is 1.52. The zero-order valence-corrected chi connectivity index (χ0v) is 18.9. The van der Waals surface area contributed by atoms with Gasteiger partial charge in [-0.2, -0.15) is 0 Å². The summed E-state index contributed by atoms with van der Waals surface area (Å²) in [5.74, 6) is 1.02. The van der Waals surface area contributed by atoms with E-state index in [1.54, 1.807) is 25.2 Å². The minimum Gasteiger partial charge on any atom is -0.497 e. The van der Waals surface area contributed by atoms with Gasteiger partial charge in [0.2, 0.25) is 0 Å². The summed E-state index contributed by atoms with van der Waals surface area (Å²) in [7, 11) is 3.26. The van der Waals surface area contributed by atoms with Crippen LogP contribution in [0.4, 0.5) is 10.1 Å². The van der Waals surface area contributed by atoms with E-state index in [1.807, 2.05) is 42.5 Å². The lowest BCUT2D eigenvalue weighted by Gasteiger charge is -2.34. The minimum atomic E-state index is -1.18. The van der Waals surface area contributed by atoms with E-state index in [2.05, 4.69) is 10.3 Å². The number of halogens is 1. The van der Waals surface area contributed by atoms with Gasteiger partial charge in [-0.15, -0.1) is 0 Å². The third-order valence-corrected chi connectivity index (χ3v) is 6.97. The number of carbonyl (C=O) groups excluding carboxylic acids is 1. The quantitative estimate of drug-likeness (QED) is 0.481. The van der Waals surface area contributed by atoms with Crippen LogP contribution in [-0.4, -0.2) is 31.7 Å². The number of anilines is 1. The zero-order valence-electron chi connectivity index (χ0n) is 18.9. The highest BCUT2D eigenvalue weighted by Gasteiger charge is 2.55. The van der Waals surface area contributed by atoms with Crippen molar-refractivity contribution in [3.63, 3.8) is 0 Å². The van der Waals surface area contributed by atoms with E-state index in [0.29, 0.717) is 24.3 Å². The van der Waals surface area contributed by atoms with Crippen LogP contribution in [0.5, 0.6) is 11.5 Å². The van der Waals surface area contributed by atoms with Gasteiger partial charge in [0.1, 0.15) is 17.3 Å². The fraction of sp³-hybridized carbons (Fsp3) is 0.222. The van der Waals surface area contributed by atoms with Crippen LogP contribution in [0.25, 0.3) is 10.9 Å². The number of aromatic amines is 1. The Labute approximate surface area is 196 Å². The summed E-state index contributed by atoms with van der Waals surface area (Å²) in [6.07, 6.45) is 0.751. The molecular formula is C27H24FN3O3. The Morgan fingerprint density at radius 1 is 1.00 bits per heavy atom. The van der Waals surface area contributed by atoms with Gasteiger partial charge in [0, 0.05) is 23.0 Å². The molecule has 0 aliphatic carbocycles. The highest BCUT2D eigenvalue weighted by atomic mass is 19.1. The summed E-state index contributed by atoms with van der Waals surface area (Å²) < 4.78 is 25.2. The van der Waals surface area contributed by atoms with Gasteiger partial charge in [0.25, 0.3) is 5.91 Å². The molecule has 3 aromatic carbocycles. The Bertz CT molecular complexity index is 1430. The molecule has 6 nitrogen and oxygen atoms in total. The molecule has 34 heavy (non-hydrogen) atoms. The van der Waals surface area contributed by atoms with Crippen molar-refractivity contribution >= 4 is 22.5 Å². The van der Waals surface area contributed by atoms with Crippen molar-refractivity contribution in [3.8, 4) is 11.5 Å². The average molecular weight is 458 g/mol. The standard InChI is InChI=1S/C27H24FN3O3/c1-33-18-6-3-16(4-7-18)15-31-24-10-5-17(28)13-22(24)27(26(31)32)25-20(11-12-29-27)21-14-19(34-2)8-9-23(21)30-25/h3-10,13-14,29-30H,11-12,15H2,1-2H3/t27-/m0/s1. The monoisotopic (exact) mass is 457 g/mol. The lowest BCUT2D eigenvalue weighted by Crippen LogP contribution is -2.55. The van der Waals surface area contributed by atoms with Crippen LogP contribution in [0.1, 0.15) is 22.4 Å². The number of hydrogen-bond donors (Lipinski definition) is 2. The summed E-state index contributed by atoms with van der Waals surface area (Å²) in [5, 5.41) is 4.49. The molecule has 0 radical (unpaired) electrons. The van der Waals surface area contributed by atoms with E-state index in [9.17, 15) is 9.18 Å². The average Bonchev–Trinajstić information content (AvgIpc) is 3.34. The summed E-state index contributed by atoms with van der Waals surface area (Å²) in [6, 6.07) is 18.1. The molecule has 3 heterocycles. The number of amides is 1. The number of fused-ring (bicyclic) bond motifs is 6. The maximum absolute atomic E-state index is 14.5. The third kappa shape index (κ3) is 2.86. The van der Waals surface area contributed by atoms with Gasteiger partial charge in [-0.25, -0.2) is 4.39 Å². The molecule has 172 valence electrons. The van der Waals surface area contributed by atoms with Crippen molar-refractivity contribution in [1.29, 1.82) is 0 Å². The fourth-order valence-electron chi connectivity index (χ4n) is 5.35. The zero-order chi connectivity index (χ0) is 23.4. The second kappa shape index (κ2) is 7.60. The first-order chi connectivity index (χ1) is 16.5. The number of nitrogens with zero attached hydrogens (tertiary/aromatic N) is 1. The molecule has 4 aromatic rings. The van der Waals surface area contributed by atoms with Gasteiger partial charge in [0.15, 0.2) is 5.54 Å². The topological polar surface area (TPSA) is 66.6 Å². The number of carbonyl (C=O) groups is 1. The summed E-state index contributed by atoms with van der Waals surface area (Å²) in [4.78, 5) is 19.4. The van der Waals surface area contributed by atoms with E-state index in [0.717, 1.165) is 45.6 Å². The van der Waals surface area contributed by atoms with Gasteiger partial charge >= 0.3 is 0 Å². The molecule has 2 aliphatic heterocycles. The number of aromatic nitrogens is 1. The van der Waals surface area contributed by atoms with Crippen molar-refractivity contribution < 1.29 is 18.7 Å². The lowest BCUT2D eigenvalue weighted by atomic mass is 9.82. The SMILES string of the molecule is COc1ccc(CN2C(=O)[C@]3(NCCc4c3[nH]c3ccc(OC)cc43)c3cc(F)ccc32)cc1. The van der Waals surface area contributed by atoms with Crippen LogP contribution >= 0.6 is 0 Å². The highest BCUT2D eigenvalue weighted by molar-refractivity contribution is 6.11. The molecule has 1 atom stereocenters. The summed E-state index contributed by atoms with van der Waals surface area (Å²) >= 11 is 0. The molecule has 0 unspecified atom stereocenters. The largest absolute Gasteiger partial charge is 0.497 e. The van der Waals surface area contributed by atoms with Crippen LogP contribution in [0, 0.1) is 5.82 Å². The first kappa shape index (κ1) is 20.7. The third-order valence-electron chi connectivity index (χ3n) is 6.97. The van der Waals surface area contributed by atoms with E-state index in [1.165, 1.54) is 12.1 Å². The Kier molecular flexibility index (Phi) is 4.64. The van der Waals surface area contributed by atoms with Crippen LogP contribution in [0.2, 0.25) is 0 Å². The molecule has 1 aromatic heterocycles. The Morgan fingerprint density at radius 3 is 2.53 bits per heavy atom. The predicted molar refractivity (Wildman–Crippen MR) is 128 cm³/mol. The maximum atomic E-state index is 14.5. The number of H-pyrrole nitrogens is 1. The molecule has 6 rings (SSSR count). The molecule has 1 amide bonds. The number of nitrogens with one attached hydrogen (secondary N) is 2. The number of benzene rings is 3. The predicted octanol–water partition coefficient (Wildman–Crippen LogP) is 4.26. The highest BCUT2D eigenvalue weighted by Crippen LogP contribution is 2.48. The molecule has 2 aliphatic rings. The normalized spacial score (nSPS) is 18.9. The molecular weight excluding hydrogens is 433 g/mol. The maximum Gasteiger partial charge on any atom is 0.258 e. The minimum absolute atomic E-state index is 0.122. The smallest absolute Gasteiger partial charge is 0.258 e. The van der Waals surface area contributed by atoms with Gasteiger partial charge in [-0.3, -0.25) is 10.1 Å². The first-order valence-corrected chi connectivity index (χ1v) is 11.2. The number of hydrogen-bond acceptors (Lipinski definition) is 4. The van der Waals surface area contributed by atoms with E-state index in [4.69, 9.17) is 9.47 Å². The van der Waals surface area contributed by atoms with Crippen LogP contribution in [0.3, 0.4) is 0 Å². The molecule has 0 saturated heterocycles. The Hall–Kier alpha value is -3.84. The molecule has 7 heteroatoms. The second-order valence-corrected chi connectivity index (χ2v) is 8.72. The number of rotatable bonds is 4. The summed E-state index contributed by atoms with van der Waals surface area (Å²) in [6.45, 7) is 0.962. The number of ether oxygens (including phenoxy) is 2. The number of methoxy groups -OCH3 is 2. The lowest BCUT2D eigenvalue weighted by molar-refractivity contribution is -0.123. The van der Waals surface area contributed by atoms with Gasteiger partial charge in [-0.1, -0.05) is 12.1 Å². The first-order valence-electron chi connectivity index (χ1n) is 11.2. The van der Waals surface area contributed by atoms with Crippen molar-refractivity contribution in [1.82, 2.24) is 10.3 Å². The van der Waals surface area contributed by atoms with Crippen molar-refractivity contribution in [2.45, 2.75) is 18.5 Å². The molecule has 1 spiro atoms. The van der Waals surface area contributed by atoms with Crippen LogP contribution in [-0.2, 0) is 23.3 Å². The second-order valence-electron chi connectivity index (χ2n) is 8.72. The van der Waals surface area contributed by atoms with Gasteiger partial charge in [0.05, 0.1) is 32.1 Å². The van der Waals surface area contributed by atoms with E-state index in [-0.39, 0.29) is 11.7 Å². The van der Waals surface area contributed by atoms with Crippen molar-refractivity contribution in [2.75, 3.05) is 25.7 Å².